The van der Waals surface area contributed by atoms with E-state index in [1.807, 2.05) is 0 Å². The van der Waals surface area contributed by atoms with Crippen molar-refractivity contribution in [2.45, 2.75) is 25.0 Å². The second-order valence-corrected chi connectivity index (χ2v) is 5.16. The molecule has 1 aromatic rings. The predicted molar refractivity (Wildman–Crippen MR) is 53.0 cm³/mol. The first-order chi connectivity index (χ1) is 6.18. The van der Waals surface area contributed by atoms with Crippen LogP contribution in [0.2, 0.25) is 4.34 Å². The fourth-order valence-corrected chi connectivity index (χ4v) is 2.44. The Morgan fingerprint density at radius 3 is 2.54 bits per heavy atom. The van der Waals surface area contributed by atoms with Gasteiger partial charge in [0.15, 0.2) is 0 Å². The van der Waals surface area contributed by atoms with Crippen LogP contribution in [0.25, 0.3) is 0 Å². The van der Waals surface area contributed by atoms with E-state index in [0.29, 0.717) is 4.34 Å². The van der Waals surface area contributed by atoms with Crippen LogP contribution >= 0.6 is 22.9 Å². The van der Waals surface area contributed by atoms with E-state index in [1.54, 1.807) is 12.1 Å². The maximum absolute atomic E-state index is 9.71. The summed E-state index contributed by atoms with van der Waals surface area (Å²) in [6.45, 7) is 0. The number of hydrogen-bond donors (Lipinski definition) is 2. The molecule has 1 heterocycles. The third kappa shape index (κ3) is 2.05. The molecule has 2 N–H and O–H groups in total. The maximum atomic E-state index is 9.71. The van der Waals surface area contributed by atoms with Crippen molar-refractivity contribution in [2.75, 3.05) is 0 Å². The molecular formula is C9H11ClO2S. The van der Waals surface area contributed by atoms with Gasteiger partial charge in [-0.3, -0.25) is 0 Å². The van der Waals surface area contributed by atoms with Gasteiger partial charge in [-0.25, -0.2) is 0 Å². The van der Waals surface area contributed by atoms with Crippen LogP contribution in [0, 0.1) is 5.92 Å². The monoisotopic (exact) mass is 218 g/mol. The van der Waals surface area contributed by atoms with Crippen molar-refractivity contribution < 1.29 is 10.2 Å². The van der Waals surface area contributed by atoms with E-state index >= 15 is 0 Å². The van der Waals surface area contributed by atoms with E-state index < -0.39 is 12.2 Å². The van der Waals surface area contributed by atoms with E-state index in [1.165, 1.54) is 11.3 Å². The van der Waals surface area contributed by atoms with E-state index in [4.69, 9.17) is 11.6 Å². The lowest BCUT2D eigenvalue weighted by Crippen LogP contribution is -2.19. The number of thiophene rings is 1. The number of halogens is 1. The fourth-order valence-electron chi connectivity index (χ4n) is 1.35. The van der Waals surface area contributed by atoms with Crippen molar-refractivity contribution in [3.05, 3.63) is 21.3 Å². The summed E-state index contributed by atoms with van der Waals surface area (Å²) in [6.07, 6.45) is 0.675. The highest BCUT2D eigenvalue weighted by molar-refractivity contribution is 7.16. The van der Waals surface area contributed by atoms with Crippen LogP contribution in [-0.2, 0) is 0 Å². The third-order valence-electron chi connectivity index (χ3n) is 2.31. The smallest absolute Gasteiger partial charge is 0.114 e. The molecule has 2 unspecified atom stereocenters. The van der Waals surface area contributed by atoms with Crippen LogP contribution in [-0.4, -0.2) is 16.3 Å². The van der Waals surface area contributed by atoms with Crippen molar-refractivity contribution in [2.24, 2.45) is 5.92 Å². The molecular weight excluding hydrogens is 208 g/mol. The van der Waals surface area contributed by atoms with Crippen LogP contribution in [0.4, 0.5) is 0 Å². The van der Waals surface area contributed by atoms with Crippen LogP contribution < -0.4 is 0 Å². The largest absolute Gasteiger partial charge is 0.390 e. The summed E-state index contributed by atoms with van der Waals surface area (Å²) >= 11 is 7.05. The summed E-state index contributed by atoms with van der Waals surface area (Å²) in [5.41, 5.74) is 0. The zero-order valence-corrected chi connectivity index (χ0v) is 8.55. The van der Waals surface area contributed by atoms with E-state index in [-0.39, 0.29) is 5.92 Å². The minimum Gasteiger partial charge on any atom is -0.390 e. The van der Waals surface area contributed by atoms with Gasteiger partial charge in [-0.05, 0) is 30.9 Å². The van der Waals surface area contributed by atoms with Crippen molar-refractivity contribution in [1.82, 2.24) is 0 Å². The van der Waals surface area contributed by atoms with Crippen molar-refractivity contribution >= 4 is 22.9 Å². The molecule has 1 fully saturated rings. The van der Waals surface area contributed by atoms with Gasteiger partial charge in [0.25, 0.3) is 0 Å². The molecule has 4 heteroatoms. The summed E-state index contributed by atoms with van der Waals surface area (Å²) in [4.78, 5) is 0.754. The molecule has 72 valence electrons. The summed E-state index contributed by atoms with van der Waals surface area (Å²) in [6, 6.07) is 3.51. The van der Waals surface area contributed by atoms with E-state index in [2.05, 4.69) is 0 Å². The van der Waals surface area contributed by atoms with Gasteiger partial charge in [0.05, 0.1) is 10.4 Å². The first-order valence-corrected chi connectivity index (χ1v) is 5.49. The average Bonchev–Trinajstić information content (AvgIpc) is 2.87. The molecule has 2 nitrogen and oxygen atoms in total. The molecule has 1 aliphatic carbocycles. The highest BCUT2D eigenvalue weighted by Crippen LogP contribution is 2.39. The number of hydrogen-bond acceptors (Lipinski definition) is 3. The van der Waals surface area contributed by atoms with Gasteiger partial charge in [-0.2, -0.15) is 0 Å². The maximum Gasteiger partial charge on any atom is 0.114 e. The zero-order valence-electron chi connectivity index (χ0n) is 6.98. The lowest BCUT2D eigenvalue weighted by molar-refractivity contribution is 0.00692. The summed E-state index contributed by atoms with van der Waals surface area (Å²) in [5, 5.41) is 19.3. The molecule has 0 aromatic carbocycles. The summed E-state index contributed by atoms with van der Waals surface area (Å²) in [5.74, 6) is 0.288. The Morgan fingerprint density at radius 2 is 2.08 bits per heavy atom. The van der Waals surface area contributed by atoms with Crippen molar-refractivity contribution in [1.29, 1.82) is 0 Å². The first-order valence-electron chi connectivity index (χ1n) is 4.30. The number of aliphatic hydroxyl groups is 2. The Bertz CT molecular complexity index is 296. The molecule has 0 saturated heterocycles. The molecule has 1 aliphatic rings. The molecule has 13 heavy (non-hydrogen) atoms. The van der Waals surface area contributed by atoms with Crippen LogP contribution in [0.1, 0.15) is 23.8 Å². The summed E-state index contributed by atoms with van der Waals surface area (Å²) in [7, 11) is 0. The molecule has 0 bridgehead atoms. The quantitative estimate of drug-likeness (QED) is 0.817. The Hall–Kier alpha value is -0.0900. The van der Waals surface area contributed by atoms with Gasteiger partial charge in [0, 0.05) is 4.88 Å². The van der Waals surface area contributed by atoms with Gasteiger partial charge in [0.1, 0.15) is 6.10 Å². The molecule has 1 aromatic heterocycles. The average molecular weight is 219 g/mol. The molecule has 0 amide bonds. The highest BCUT2D eigenvalue weighted by atomic mass is 35.5. The van der Waals surface area contributed by atoms with Crippen molar-refractivity contribution in [3.63, 3.8) is 0 Å². The molecule has 2 rings (SSSR count). The number of rotatable bonds is 3. The fraction of sp³-hybridized carbons (Fsp3) is 0.556. The van der Waals surface area contributed by atoms with E-state index in [0.717, 1.165) is 17.7 Å². The first kappa shape index (κ1) is 9.46. The van der Waals surface area contributed by atoms with E-state index in [9.17, 15) is 10.2 Å². The second kappa shape index (κ2) is 3.58. The normalized spacial score (nSPS) is 21.5. The molecule has 2 atom stereocenters. The van der Waals surface area contributed by atoms with Gasteiger partial charge >= 0.3 is 0 Å². The molecule has 0 aliphatic heterocycles. The molecule has 0 radical (unpaired) electrons. The molecule has 0 spiro atoms. The summed E-state index contributed by atoms with van der Waals surface area (Å²) < 4.78 is 0.650. The van der Waals surface area contributed by atoms with Gasteiger partial charge in [-0.1, -0.05) is 11.6 Å². The van der Waals surface area contributed by atoms with Crippen LogP contribution in [0.15, 0.2) is 12.1 Å². The van der Waals surface area contributed by atoms with Crippen molar-refractivity contribution in [3.8, 4) is 0 Å². The van der Waals surface area contributed by atoms with Gasteiger partial charge < -0.3 is 10.2 Å². The predicted octanol–water partition coefficient (Wildman–Crippen LogP) is 2.21. The Kier molecular flexibility index (Phi) is 2.60. The Balaban J connectivity index is 2.06. The number of aliphatic hydroxyl groups excluding tert-OH is 2. The lowest BCUT2D eigenvalue weighted by atomic mass is 10.1. The topological polar surface area (TPSA) is 40.5 Å². The third-order valence-corrected chi connectivity index (χ3v) is 3.62. The highest BCUT2D eigenvalue weighted by Gasteiger charge is 2.35. The van der Waals surface area contributed by atoms with Crippen LogP contribution in [0.3, 0.4) is 0 Å². The molecule has 1 saturated carbocycles. The standard InChI is InChI=1S/C9H11ClO2S/c10-7-4-3-6(13-7)9(12)8(11)5-1-2-5/h3-5,8-9,11-12H,1-2H2. The van der Waals surface area contributed by atoms with Gasteiger partial charge in [0.2, 0.25) is 0 Å². The lowest BCUT2D eigenvalue weighted by Gasteiger charge is -2.15. The van der Waals surface area contributed by atoms with Crippen LogP contribution in [0.5, 0.6) is 0 Å². The zero-order chi connectivity index (χ0) is 9.42. The Labute approximate surface area is 85.8 Å². The van der Waals surface area contributed by atoms with Gasteiger partial charge in [-0.15, -0.1) is 11.3 Å². The second-order valence-electron chi connectivity index (χ2n) is 3.41. The Morgan fingerprint density at radius 1 is 1.38 bits per heavy atom. The minimum absolute atomic E-state index is 0.288. The minimum atomic E-state index is -0.759. The SMILES string of the molecule is OC(c1ccc(Cl)s1)C(O)C1CC1.